The molecule has 0 aliphatic carbocycles. The fourth-order valence-corrected chi connectivity index (χ4v) is 4.68. The molecule has 0 bridgehead atoms. The minimum atomic E-state index is -0.263. The van der Waals surface area contributed by atoms with Crippen LogP contribution in [0.15, 0.2) is 60.7 Å². The third kappa shape index (κ3) is 6.37. The van der Waals surface area contributed by atoms with Crippen LogP contribution in [0, 0.1) is 5.92 Å². The number of hydrogen-bond donors (Lipinski definition) is 1. The highest BCUT2D eigenvalue weighted by Crippen LogP contribution is 2.22. The Bertz CT molecular complexity index is 966. The van der Waals surface area contributed by atoms with Gasteiger partial charge in [-0.2, -0.15) is 0 Å². The summed E-state index contributed by atoms with van der Waals surface area (Å²) >= 11 is 0. The number of hydrogen-bond acceptors (Lipinski definition) is 4. The van der Waals surface area contributed by atoms with Crippen molar-refractivity contribution in [3.63, 3.8) is 0 Å². The number of nitrogens with zero attached hydrogens (tertiary/aromatic N) is 2. The van der Waals surface area contributed by atoms with E-state index in [1.54, 1.807) is 4.90 Å². The maximum Gasteiger partial charge on any atom is 0.226 e. The molecule has 2 atom stereocenters. The van der Waals surface area contributed by atoms with E-state index < -0.39 is 0 Å². The number of likely N-dealkylation sites (tertiary alicyclic amines) is 2. The van der Waals surface area contributed by atoms with Crippen molar-refractivity contribution >= 4 is 17.7 Å². The average Bonchev–Trinajstić information content (AvgIpc) is 3.29. The van der Waals surface area contributed by atoms with E-state index in [1.165, 1.54) is 0 Å². The predicted molar refractivity (Wildman–Crippen MR) is 129 cm³/mol. The van der Waals surface area contributed by atoms with E-state index in [0.29, 0.717) is 32.7 Å². The molecule has 7 heteroatoms. The van der Waals surface area contributed by atoms with Gasteiger partial charge in [-0.3, -0.25) is 14.4 Å². The predicted octanol–water partition coefficient (Wildman–Crippen LogP) is 3.17. The van der Waals surface area contributed by atoms with Crippen molar-refractivity contribution in [2.24, 2.45) is 5.92 Å². The van der Waals surface area contributed by atoms with Crippen LogP contribution in [0.25, 0.3) is 0 Å². The maximum atomic E-state index is 13.2. The van der Waals surface area contributed by atoms with Crippen LogP contribution in [-0.2, 0) is 14.4 Å². The molecule has 4 rings (SSSR count). The van der Waals surface area contributed by atoms with E-state index in [4.69, 9.17) is 4.74 Å². The second kappa shape index (κ2) is 11.7. The third-order valence-electron chi connectivity index (χ3n) is 6.57. The topological polar surface area (TPSA) is 79.0 Å². The van der Waals surface area contributed by atoms with E-state index >= 15 is 0 Å². The number of carbonyl (C=O) groups is 3. The molecule has 2 aliphatic rings. The summed E-state index contributed by atoms with van der Waals surface area (Å²) in [4.78, 5) is 41.8. The third-order valence-corrected chi connectivity index (χ3v) is 6.57. The zero-order chi connectivity index (χ0) is 23.8. The normalized spacial score (nSPS) is 19.1. The number of amides is 3. The molecule has 2 aromatic carbocycles. The Kier molecular flexibility index (Phi) is 8.17. The Morgan fingerprint density at radius 2 is 1.74 bits per heavy atom. The van der Waals surface area contributed by atoms with E-state index in [9.17, 15) is 14.4 Å². The highest BCUT2D eigenvalue weighted by atomic mass is 16.5. The fourth-order valence-electron chi connectivity index (χ4n) is 4.68. The Morgan fingerprint density at radius 3 is 2.44 bits per heavy atom. The molecule has 2 heterocycles. The number of carbonyl (C=O) groups excluding carboxylic acids is 3. The number of rotatable bonds is 9. The van der Waals surface area contributed by atoms with E-state index in [1.807, 2.05) is 65.6 Å². The lowest BCUT2D eigenvalue weighted by molar-refractivity contribution is -0.137. The molecule has 2 aliphatic heterocycles. The van der Waals surface area contributed by atoms with Gasteiger partial charge in [0.25, 0.3) is 0 Å². The first-order valence-corrected chi connectivity index (χ1v) is 12.2. The van der Waals surface area contributed by atoms with Gasteiger partial charge in [-0.15, -0.1) is 0 Å². The molecule has 0 spiro atoms. The molecule has 0 radical (unpaired) electrons. The lowest BCUT2D eigenvalue weighted by Gasteiger charge is -2.33. The number of ether oxygens (including phenoxy) is 1. The van der Waals surface area contributed by atoms with Gasteiger partial charge in [0.1, 0.15) is 5.75 Å². The molecule has 2 unspecified atom stereocenters. The van der Waals surface area contributed by atoms with E-state index in [0.717, 1.165) is 37.1 Å². The molecular formula is C27H33N3O4. The van der Waals surface area contributed by atoms with Crippen molar-refractivity contribution in [1.82, 2.24) is 15.1 Å². The fraction of sp³-hybridized carbons (Fsp3) is 0.444. The summed E-state index contributed by atoms with van der Waals surface area (Å²) in [6.45, 7) is 2.60. The summed E-state index contributed by atoms with van der Waals surface area (Å²) < 4.78 is 5.66. The number of nitrogens with one attached hydrogen (secondary N) is 1. The van der Waals surface area contributed by atoms with Crippen LogP contribution in [0.3, 0.4) is 0 Å². The maximum absolute atomic E-state index is 13.2. The van der Waals surface area contributed by atoms with Gasteiger partial charge in [-0.25, -0.2) is 0 Å². The van der Waals surface area contributed by atoms with E-state index in [2.05, 4.69) is 5.32 Å². The highest BCUT2D eigenvalue weighted by Gasteiger charge is 2.31. The van der Waals surface area contributed by atoms with Gasteiger partial charge in [0.2, 0.25) is 17.7 Å². The molecule has 180 valence electrons. The molecule has 3 amide bonds. The number of benzene rings is 2. The van der Waals surface area contributed by atoms with Crippen molar-refractivity contribution in [1.29, 1.82) is 0 Å². The molecule has 2 fully saturated rings. The molecule has 0 saturated carbocycles. The van der Waals surface area contributed by atoms with Gasteiger partial charge >= 0.3 is 0 Å². The SMILES string of the molecule is O=C(NC(CN1CCCC1=O)c1ccccc1)C1CCCN(C(=O)CCOc2ccccc2)C1. The smallest absolute Gasteiger partial charge is 0.226 e. The summed E-state index contributed by atoms with van der Waals surface area (Å²) in [5.41, 5.74) is 0.984. The van der Waals surface area contributed by atoms with Crippen LogP contribution in [0.2, 0.25) is 0 Å². The van der Waals surface area contributed by atoms with Crippen LogP contribution in [0.4, 0.5) is 0 Å². The van der Waals surface area contributed by atoms with Gasteiger partial charge < -0.3 is 19.9 Å². The van der Waals surface area contributed by atoms with Gasteiger partial charge in [0.05, 0.1) is 25.0 Å². The standard InChI is InChI=1S/C27H33N3O4/c31-25-14-8-17-30(25)20-24(21-9-3-1-4-10-21)28-27(33)22-11-7-16-29(19-22)26(32)15-18-34-23-12-5-2-6-13-23/h1-6,9-10,12-13,22,24H,7-8,11,14-20H2,(H,28,33). The molecular weight excluding hydrogens is 430 g/mol. The second-order valence-electron chi connectivity index (χ2n) is 9.01. The average molecular weight is 464 g/mol. The summed E-state index contributed by atoms with van der Waals surface area (Å²) in [7, 11) is 0. The van der Waals surface area contributed by atoms with Gasteiger partial charge in [-0.1, -0.05) is 48.5 Å². The quantitative estimate of drug-likeness (QED) is 0.620. The van der Waals surface area contributed by atoms with Crippen molar-refractivity contribution in [3.05, 3.63) is 66.2 Å². The van der Waals surface area contributed by atoms with Gasteiger partial charge in [0.15, 0.2) is 0 Å². The van der Waals surface area contributed by atoms with Crippen molar-refractivity contribution in [2.75, 3.05) is 32.8 Å². The monoisotopic (exact) mass is 463 g/mol. The largest absolute Gasteiger partial charge is 0.493 e. The summed E-state index contributed by atoms with van der Waals surface area (Å²) in [5, 5.41) is 3.18. The molecule has 7 nitrogen and oxygen atoms in total. The molecule has 2 aromatic rings. The molecule has 2 saturated heterocycles. The first-order valence-electron chi connectivity index (χ1n) is 12.2. The minimum absolute atomic E-state index is 0.00991. The van der Waals surface area contributed by atoms with Crippen molar-refractivity contribution in [2.45, 2.75) is 38.1 Å². The van der Waals surface area contributed by atoms with Crippen molar-refractivity contribution < 1.29 is 19.1 Å². The van der Waals surface area contributed by atoms with Crippen molar-refractivity contribution in [3.8, 4) is 5.75 Å². The minimum Gasteiger partial charge on any atom is -0.493 e. The zero-order valence-electron chi connectivity index (χ0n) is 19.5. The molecule has 0 aromatic heterocycles. The highest BCUT2D eigenvalue weighted by molar-refractivity contribution is 5.82. The van der Waals surface area contributed by atoms with Crippen LogP contribution in [0.1, 0.15) is 43.7 Å². The lowest BCUT2D eigenvalue weighted by atomic mass is 9.95. The Hall–Kier alpha value is -3.35. The lowest BCUT2D eigenvalue weighted by Crippen LogP contribution is -2.47. The zero-order valence-corrected chi connectivity index (χ0v) is 19.5. The Balaban J connectivity index is 1.32. The number of para-hydroxylation sites is 1. The molecule has 1 N–H and O–H groups in total. The first kappa shape index (κ1) is 23.8. The summed E-state index contributed by atoms with van der Waals surface area (Å²) in [5.74, 6) is 0.583. The van der Waals surface area contributed by atoms with Gasteiger partial charge in [0, 0.05) is 32.6 Å². The molecule has 34 heavy (non-hydrogen) atoms. The number of piperidine rings is 1. The summed E-state index contributed by atoms with van der Waals surface area (Å²) in [6.07, 6.45) is 3.27. The summed E-state index contributed by atoms with van der Waals surface area (Å²) in [6, 6.07) is 19.0. The van der Waals surface area contributed by atoms with E-state index in [-0.39, 0.29) is 36.1 Å². The van der Waals surface area contributed by atoms with Crippen LogP contribution in [-0.4, -0.2) is 60.3 Å². The second-order valence-corrected chi connectivity index (χ2v) is 9.01. The first-order chi connectivity index (χ1) is 16.6. The van der Waals surface area contributed by atoms with Crippen LogP contribution < -0.4 is 10.1 Å². The Labute approximate surface area is 201 Å². The van der Waals surface area contributed by atoms with Gasteiger partial charge in [-0.05, 0) is 37.0 Å². The van der Waals surface area contributed by atoms with Crippen LogP contribution >= 0.6 is 0 Å². The van der Waals surface area contributed by atoms with Crippen LogP contribution in [0.5, 0.6) is 5.75 Å². The Morgan fingerprint density at radius 1 is 1.00 bits per heavy atom.